The molecule has 0 bridgehead atoms. The molecule has 0 unspecified atom stereocenters. The van der Waals surface area contributed by atoms with Crippen LogP contribution in [0.2, 0.25) is 0 Å². The number of hydrogen-bond donors (Lipinski definition) is 1. The minimum Gasteiger partial charge on any atom is -0.476 e. The zero-order chi connectivity index (χ0) is 18.6. The minimum absolute atomic E-state index is 0.335. The van der Waals surface area contributed by atoms with Crippen molar-refractivity contribution in [3.05, 3.63) is 54.1 Å². The lowest BCUT2D eigenvalue weighted by Gasteiger charge is -2.24. The summed E-state index contributed by atoms with van der Waals surface area (Å²) in [4.78, 5) is 16.5. The highest BCUT2D eigenvalue weighted by atomic mass is 32.1. The fourth-order valence-corrected chi connectivity index (χ4v) is 3.30. The molecule has 0 radical (unpaired) electrons. The van der Waals surface area contributed by atoms with E-state index in [1.54, 1.807) is 32.1 Å². The molecular formula is C20H22N2O3S. The van der Waals surface area contributed by atoms with E-state index in [9.17, 15) is 4.79 Å². The van der Waals surface area contributed by atoms with Crippen LogP contribution in [-0.2, 0) is 16.1 Å². The van der Waals surface area contributed by atoms with Gasteiger partial charge in [-0.15, -0.1) is 0 Å². The highest BCUT2D eigenvalue weighted by Gasteiger charge is 2.31. The predicted molar refractivity (Wildman–Crippen MR) is 105 cm³/mol. The Kier molecular flexibility index (Phi) is 5.42. The molecule has 1 heterocycles. The average Bonchev–Trinajstić information content (AvgIpc) is 3.04. The summed E-state index contributed by atoms with van der Waals surface area (Å²) in [6, 6.07) is 15.7. The third-order valence-electron chi connectivity index (χ3n) is 3.80. The number of rotatable bonds is 7. The molecule has 0 spiro atoms. The van der Waals surface area contributed by atoms with Crippen molar-refractivity contribution in [2.75, 3.05) is 11.9 Å². The van der Waals surface area contributed by atoms with Gasteiger partial charge in [-0.1, -0.05) is 35.6 Å². The maximum atomic E-state index is 11.9. The summed E-state index contributed by atoms with van der Waals surface area (Å²) >= 11 is 1.64. The van der Waals surface area contributed by atoms with Crippen molar-refractivity contribution in [2.24, 2.45) is 0 Å². The quantitative estimate of drug-likeness (QED) is 0.615. The Morgan fingerprint density at radius 1 is 1.15 bits per heavy atom. The molecule has 0 amide bonds. The normalized spacial score (nSPS) is 11.3. The largest absolute Gasteiger partial charge is 0.476 e. The Morgan fingerprint density at radius 3 is 2.58 bits per heavy atom. The third-order valence-corrected chi connectivity index (χ3v) is 4.80. The van der Waals surface area contributed by atoms with Crippen LogP contribution in [0.3, 0.4) is 0 Å². The molecule has 26 heavy (non-hydrogen) atoms. The summed E-state index contributed by atoms with van der Waals surface area (Å²) in [5.41, 5.74) is 1.09. The summed E-state index contributed by atoms with van der Waals surface area (Å²) in [6.45, 7) is 6.19. The first-order valence-electron chi connectivity index (χ1n) is 8.52. The van der Waals surface area contributed by atoms with Crippen LogP contribution in [0, 0.1) is 0 Å². The molecule has 0 aliphatic heterocycles. The molecule has 136 valence electrons. The van der Waals surface area contributed by atoms with E-state index >= 15 is 0 Å². The minimum atomic E-state index is -1.02. The molecule has 0 atom stereocenters. The molecule has 0 saturated heterocycles. The molecule has 2 aromatic carbocycles. The summed E-state index contributed by atoms with van der Waals surface area (Å²) < 4.78 is 12.0. The van der Waals surface area contributed by atoms with Gasteiger partial charge >= 0.3 is 5.97 Å². The van der Waals surface area contributed by atoms with Gasteiger partial charge in [0.1, 0.15) is 5.75 Å². The molecule has 0 saturated carbocycles. The number of carbonyl (C=O) groups excluding carboxylic acids is 1. The second-order valence-corrected chi connectivity index (χ2v) is 7.35. The molecule has 3 rings (SSSR count). The first-order valence-corrected chi connectivity index (χ1v) is 9.34. The van der Waals surface area contributed by atoms with Gasteiger partial charge in [-0.05, 0) is 50.6 Å². The number of aromatic nitrogens is 1. The van der Waals surface area contributed by atoms with E-state index in [0.29, 0.717) is 18.9 Å². The molecule has 0 aliphatic carbocycles. The number of thiazole rings is 1. The van der Waals surface area contributed by atoms with Crippen LogP contribution in [0.5, 0.6) is 5.75 Å². The van der Waals surface area contributed by atoms with E-state index in [4.69, 9.17) is 9.47 Å². The number of hydrogen-bond acceptors (Lipinski definition) is 6. The fraction of sp³-hybridized carbons (Fsp3) is 0.300. The lowest BCUT2D eigenvalue weighted by Crippen LogP contribution is -2.39. The van der Waals surface area contributed by atoms with Crippen molar-refractivity contribution < 1.29 is 14.3 Å². The number of fused-ring (bicyclic) bond motifs is 1. The number of benzene rings is 2. The van der Waals surface area contributed by atoms with Gasteiger partial charge in [0, 0.05) is 6.54 Å². The maximum absolute atomic E-state index is 11.9. The van der Waals surface area contributed by atoms with Crippen molar-refractivity contribution in [2.45, 2.75) is 32.9 Å². The molecule has 1 N–H and O–H groups in total. The Morgan fingerprint density at radius 2 is 1.88 bits per heavy atom. The van der Waals surface area contributed by atoms with E-state index in [1.807, 2.05) is 42.5 Å². The van der Waals surface area contributed by atoms with Crippen LogP contribution in [0.4, 0.5) is 5.13 Å². The van der Waals surface area contributed by atoms with E-state index < -0.39 is 5.60 Å². The number of nitrogens with one attached hydrogen (secondary N) is 1. The molecule has 0 aliphatic rings. The summed E-state index contributed by atoms with van der Waals surface area (Å²) in [6.07, 6.45) is 0. The van der Waals surface area contributed by atoms with Crippen LogP contribution in [0.1, 0.15) is 26.3 Å². The molecule has 5 nitrogen and oxygen atoms in total. The Hall–Kier alpha value is -2.60. The van der Waals surface area contributed by atoms with E-state index in [0.717, 1.165) is 16.2 Å². The van der Waals surface area contributed by atoms with Gasteiger partial charge < -0.3 is 14.8 Å². The summed E-state index contributed by atoms with van der Waals surface area (Å²) in [5.74, 6) is 0.258. The van der Waals surface area contributed by atoms with Crippen molar-refractivity contribution >= 4 is 32.7 Å². The Labute approximate surface area is 157 Å². The van der Waals surface area contributed by atoms with E-state index in [2.05, 4.69) is 16.4 Å². The molecule has 1 aromatic heterocycles. The second kappa shape index (κ2) is 7.74. The zero-order valence-corrected chi connectivity index (χ0v) is 15.9. The predicted octanol–water partition coefficient (Wildman–Crippen LogP) is 4.63. The lowest BCUT2D eigenvalue weighted by molar-refractivity contribution is -0.158. The maximum Gasteiger partial charge on any atom is 0.349 e. The number of esters is 1. The molecule has 6 heteroatoms. The number of nitrogens with zero attached hydrogens (tertiary/aromatic N) is 1. The van der Waals surface area contributed by atoms with Gasteiger partial charge in [0.25, 0.3) is 0 Å². The monoisotopic (exact) mass is 370 g/mol. The van der Waals surface area contributed by atoms with Crippen LogP contribution in [0.25, 0.3) is 10.2 Å². The summed E-state index contributed by atoms with van der Waals surface area (Å²) in [5, 5.41) is 4.24. The fourth-order valence-electron chi connectivity index (χ4n) is 2.44. The van der Waals surface area contributed by atoms with Gasteiger partial charge in [0.05, 0.1) is 16.8 Å². The van der Waals surface area contributed by atoms with Gasteiger partial charge in [0.2, 0.25) is 0 Å². The Bertz CT molecular complexity index is 854. The first-order chi connectivity index (χ1) is 12.5. The smallest absolute Gasteiger partial charge is 0.349 e. The molecule has 3 aromatic rings. The van der Waals surface area contributed by atoms with Crippen molar-refractivity contribution in [3.8, 4) is 5.75 Å². The lowest BCUT2D eigenvalue weighted by atomic mass is 10.1. The van der Waals surface area contributed by atoms with E-state index in [1.165, 1.54) is 4.70 Å². The number of carbonyl (C=O) groups is 1. The molecule has 0 fully saturated rings. The Balaban J connectivity index is 1.59. The van der Waals surface area contributed by atoms with E-state index in [-0.39, 0.29) is 5.97 Å². The van der Waals surface area contributed by atoms with Crippen molar-refractivity contribution in [1.29, 1.82) is 0 Å². The van der Waals surface area contributed by atoms with Crippen molar-refractivity contribution in [3.63, 3.8) is 0 Å². The van der Waals surface area contributed by atoms with Crippen molar-refractivity contribution in [1.82, 2.24) is 4.98 Å². The highest BCUT2D eigenvalue weighted by Crippen LogP contribution is 2.26. The van der Waals surface area contributed by atoms with Crippen LogP contribution in [0.15, 0.2) is 48.5 Å². The third kappa shape index (κ3) is 4.32. The van der Waals surface area contributed by atoms with Gasteiger partial charge in [-0.3, -0.25) is 0 Å². The standard InChI is InChI=1S/C20H22N2O3S/c1-4-24-18(23)20(2,3)25-15-11-9-14(10-12-15)13-21-19-22-16-7-5-6-8-17(16)26-19/h5-12H,4,13H2,1-3H3,(H,21,22). The number of ether oxygens (including phenoxy) is 2. The van der Waals surface area contributed by atoms with Gasteiger partial charge in [-0.25, -0.2) is 9.78 Å². The SMILES string of the molecule is CCOC(=O)C(C)(C)Oc1ccc(CNc2nc3ccccc3s2)cc1. The van der Waals surface area contributed by atoms with Gasteiger partial charge in [-0.2, -0.15) is 0 Å². The molecular weight excluding hydrogens is 348 g/mol. The second-order valence-electron chi connectivity index (χ2n) is 6.32. The average molecular weight is 370 g/mol. The number of anilines is 1. The van der Waals surface area contributed by atoms with Gasteiger partial charge in [0.15, 0.2) is 10.7 Å². The van der Waals surface area contributed by atoms with Crippen LogP contribution in [-0.4, -0.2) is 23.2 Å². The highest BCUT2D eigenvalue weighted by molar-refractivity contribution is 7.22. The number of para-hydroxylation sites is 1. The van der Waals surface area contributed by atoms with Crippen LogP contribution < -0.4 is 10.1 Å². The zero-order valence-electron chi connectivity index (χ0n) is 15.1. The summed E-state index contributed by atoms with van der Waals surface area (Å²) in [7, 11) is 0. The topological polar surface area (TPSA) is 60.5 Å². The first kappa shape index (κ1) is 18.2. The van der Waals surface area contributed by atoms with Crippen LogP contribution >= 0.6 is 11.3 Å².